The molecule has 0 saturated carbocycles. The number of hydrogen-bond donors (Lipinski definition) is 1. The van der Waals surface area contributed by atoms with Gasteiger partial charge in [-0.2, -0.15) is 0 Å². The zero-order valence-corrected chi connectivity index (χ0v) is 17.2. The summed E-state index contributed by atoms with van der Waals surface area (Å²) in [5.41, 5.74) is 2.70. The van der Waals surface area contributed by atoms with E-state index in [1.54, 1.807) is 12.1 Å². The Kier molecular flexibility index (Phi) is 5.02. The van der Waals surface area contributed by atoms with Crippen LogP contribution in [0.3, 0.4) is 0 Å². The number of rotatable bonds is 5. The fraction of sp³-hybridized carbons (Fsp3) is 0.167. The first kappa shape index (κ1) is 20.3. The first-order chi connectivity index (χ1) is 14.8. The average Bonchev–Trinajstić information content (AvgIpc) is 3.02. The molecule has 1 fully saturated rings. The summed E-state index contributed by atoms with van der Waals surface area (Å²) in [6.45, 7) is 3.97. The fourth-order valence-electron chi connectivity index (χ4n) is 3.85. The van der Waals surface area contributed by atoms with Crippen molar-refractivity contribution in [3.8, 4) is 0 Å². The van der Waals surface area contributed by atoms with E-state index in [0.717, 1.165) is 16.0 Å². The van der Waals surface area contributed by atoms with E-state index < -0.39 is 16.5 Å². The normalized spacial score (nSPS) is 18.2. The molecule has 7 heteroatoms. The Bertz CT molecular complexity index is 1180. The van der Waals surface area contributed by atoms with E-state index in [0.29, 0.717) is 16.7 Å². The van der Waals surface area contributed by atoms with E-state index in [9.17, 15) is 19.7 Å². The number of amides is 3. The van der Waals surface area contributed by atoms with Crippen molar-refractivity contribution in [2.75, 3.05) is 0 Å². The largest absolute Gasteiger partial charge is 0.325 e. The SMILES string of the molecule is Cc1ccc([C@]2(c3ccccc3)NC(=O)N(Cc3ccc([N+](=O)[O-])cc3)C2=O)cc1C. The number of non-ortho nitro benzene ring substituents is 1. The second kappa shape index (κ2) is 7.68. The third-order valence-electron chi connectivity index (χ3n) is 5.74. The fourth-order valence-corrected chi connectivity index (χ4v) is 3.85. The third kappa shape index (κ3) is 3.44. The molecule has 4 rings (SSSR count). The summed E-state index contributed by atoms with van der Waals surface area (Å²) in [5, 5.41) is 13.8. The lowest BCUT2D eigenvalue weighted by Crippen LogP contribution is -2.45. The Morgan fingerprint density at radius 1 is 0.903 bits per heavy atom. The van der Waals surface area contributed by atoms with E-state index in [1.807, 2.05) is 62.4 Å². The first-order valence-electron chi connectivity index (χ1n) is 9.83. The van der Waals surface area contributed by atoms with Gasteiger partial charge in [0.1, 0.15) is 0 Å². The van der Waals surface area contributed by atoms with Crippen molar-refractivity contribution in [3.05, 3.63) is 111 Å². The second-order valence-electron chi connectivity index (χ2n) is 7.66. The molecule has 7 nitrogen and oxygen atoms in total. The smallest absolute Gasteiger partial charge is 0.315 e. The first-order valence-corrected chi connectivity index (χ1v) is 9.83. The van der Waals surface area contributed by atoms with Gasteiger partial charge >= 0.3 is 6.03 Å². The summed E-state index contributed by atoms with van der Waals surface area (Å²) in [6, 6.07) is 20.2. The lowest BCUT2D eigenvalue weighted by atomic mass is 9.81. The molecule has 156 valence electrons. The molecule has 0 bridgehead atoms. The average molecular weight is 415 g/mol. The van der Waals surface area contributed by atoms with Crippen LogP contribution in [-0.4, -0.2) is 21.8 Å². The number of carbonyl (C=O) groups excluding carboxylic acids is 2. The van der Waals surface area contributed by atoms with Gasteiger partial charge in [0.05, 0.1) is 11.5 Å². The van der Waals surface area contributed by atoms with Crippen molar-refractivity contribution >= 4 is 17.6 Å². The second-order valence-corrected chi connectivity index (χ2v) is 7.66. The summed E-state index contributed by atoms with van der Waals surface area (Å²) in [5.74, 6) is -0.384. The Hall–Kier alpha value is -4.00. The summed E-state index contributed by atoms with van der Waals surface area (Å²) >= 11 is 0. The molecule has 31 heavy (non-hydrogen) atoms. The van der Waals surface area contributed by atoms with E-state index in [1.165, 1.54) is 12.1 Å². The predicted octanol–water partition coefficient (Wildman–Crippen LogP) is 4.21. The lowest BCUT2D eigenvalue weighted by Gasteiger charge is -2.28. The molecule has 0 radical (unpaired) electrons. The van der Waals surface area contributed by atoms with Gasteiger partial charge in [-0.1, -0.05) is 60.7 Å². The Morgan fingerprint density at radius 2 is 1.58 bits per heavy atom. The number of nitro benzene ring substituents is 1. The van der Waals surface area contributed by atoms with E-state index >= 15 is 0 Å². The predicted molar refractivity (Wildman–Crippen MR) is 115 cm³/mol. The molecular weight excluding hydrogens is 394 g/mol. The minimum atomic E-state index is -1.34. The molecule has 1 N–H and O–H groups in total. The van der Waals surface area contributed by atoms with Gasteiger partial charge in [-0.25, -0.2) is 4.79 Å². The van der Waals surface area contributed by atoms with Crippen LogP contribution >= 0.6 is 0 Å². The van der Waals surface area contributed by atoms with Crippen LogP contribution in [0.5, 0.6) is 0 Å². The topological polar surface area (TPSA) is 92.6 Å². The molecule has 1 heterocycles. The van der Waals surface area contributed by atoms with Crippen LogP contribution < -0.4 is 5.32 Å². The molecule has 0 aromatic heterocycles. The minimum absolute atomic E-state index is 0.0160. The van der Waals surface area contributed by atoms with Crippen LogP contribution in [0.1, 0.15) is 27.8 Å². The Morgan fingerprint density at radius 3 is 2.19 bits per heavy atom. The van der Waals surface area contributed by atoms with Crippen molar-refractivity contribution in [3.63, 3.8) is 0 Å². The van der Waals surface area contributed by atoms with Crippen LogP contribution in [0, 0.1) is 24.0 Å². The summed E-state index contributed by atoms with van der Waals surface area (Å²) in [4.78, 5) is 38.3. The summed E-state index contributed by atoms with van der Waals surface area (Å²) < 4.78 is 0. The number of hydrogen-bond acceptors (Lipinski definition) is 4. The van der Waals surface area contributed by atoms with Gasteiger partial charge in [-0.3, -0.25) is 19.8 Å². The highest BCUT2D eigenvalue weighted by atomic mass is 16.6. The van der Waals surface area contributed by atoms with Gasteiger partial charge in [-0.05, 0) is 41.7 Å². The molecular formula is C24H21N3O4. The molecule has 3 aromatic rings. The highest BCUT2D eigenvalue weighted by molar-refractivity contribution is 6.09. The number of nitro groups is 1. The molecule has 3 amide bonds. The standard InChI is InChI=1S/C24H21N3O4/c1-16-8-11-20(14-17(16)2)24(19-6-4-3-5-7-19)22(28)26(23(29)25-24)15-18-9-12-21(13-10-18)27(30)31/h3-14H,15H2,1-2H3,(H,25,29)/t24-/m0/s1. The van der Waals surface area contributed by atoms with E-state index in [-0.39, 0.29) is 18.1 Å². The Balaban J connectivity index is 1.76. The maximum atomic E-state index is 13.7. The number of aryl methyl sites for hydroxylation is 2. The summed E-state index contributed by atoms with van der Waals surface area (Å²) in [6.07, 6.45) is 0. The van der Waals surface area contributed by atoms with Crippen molar-refractivity contribution in [2.45, 2.75) is 25.9 Å². The molecule has 1 saturated heterocycles. The molecule has 3 aromatic carbocycles. The minimum Gasteiger partial charge on any atom is -0.315 e. The number of urea groups is 1. The van der Waals surface area contributed by atoms with Gasteiger partial charge in [-0.15, -0.1) is 0 Å². The monoisotopic (exact) mass is 415 g/mol. The van der Waals surface area contributed by atoms with Gasteiger partial charge in [0.2, 0.25) is 0 Å². The molecule has 1 atom stereocenters. The number of carbonyl (C=O) groups is 2. The zero-order chi connectivity index (χ0) is 22.2. The molecule has 0 aliphatic carbocycles. The highest BCUT2D eigenvalue weighted by Crippen LogP contribution is 2.37. The lowest BCUT2D eigenvalue weighted by molar-refractivity contribution is -0.384. The van der Waals surface area contributed by atoms with Crippen LogP contribution in [0.2, 0.25) is 0 Å². The van der Waals surface area contributed by atoms with E-state index in [4.69, 9.17) is 0 Å². The third-order valence-corrected chi connectivity index (χ3v) is 5.74. The van der Waals surface area contributed by atoms with Crippen LogP contribution in [0.15, 0.2) is 72.8 Å². The maximum absolute atomic E-state index is 13.7. The molecule has 1 aliphatic rings. The van der Waals surface area contributed by atoms with E-state index in [2.05, 4.69) is 5.32 Å². The molecule has 0 spiro atoms. The van der Waals surface area contributed by atoms with Crippen LogP contribution in [-0.2, 0) is 16.9 Å². The van der Waals surface area contributed by atoms with Gasteiger partial charge in [0.25, 0.3) is 11.6 Å². The highest BCUT2D eigenvalue weighted by Gasteiger charge is 2.53. The van der Waals surface area contributed by atoms with Crippen LogP contribution in [0.25, 0.3) is 0 Å². The van der Waals surface area contributed by atoms with Gasteiger partial charge in [0, 0.05) is 12.1 Å². The number of nitrogens with zero attached hydrogens (tertiary/aromatic N) is 2. The van der Waals surface area contributed by atoms with Gasteiger partial charge in [0.15, 0.2) is 5.54 Å². The molecule has 1 aliphatic heterocycles. The van der Waals surface area contributed by atoms with Crippen molar-refractivity contribution in [1.82, 2.24) is 10.2 Å². The number of imide groups is 1. The number of nitrogens with one attached hydrogen (secondary N) is 1. The zero-order valence-electron chi connectivity index (χ0n) is 17.2. The Labute approximate surface area is 179 Å². The van der Waals surface area contributed by atoms with Crippen molar-refractivity contribution in [1.29, 1.82) is 0 Å². The van der Waals surface area contributed by atoms with Crippen LogP contribution in [0.4, 0.5) is 10.5 Å². The maximum Gasteiger partial charge on any atom is 0.325 e. The number of benzene rings is 3. The quantitative estimate of drug-likeness (QED) is 0.384. The molecule has 0 unspecified atom stereocenters. The van der Waals surface area contributed by atoms with Crippen molar-refractivity contribution in [2.24, 2.45) is 0 Å². The van der Waals surface area contributed by atoms with Crippen molar-refractivity contribution < 1.29 is 14.5 Å². The summed E-state index contributed by atoms with van der Waals surface area (Å²) in [7, 11) is 0. The van der Waals surface area contributed by atoms with Gasteiger partial charge < -0.3 is 5.32 Å².